The van der Waals surface area contributed by atoms with E-state index in [1.54, 1.807) is 0 Å². The molecule has 130 valence electrons. The SMILES string of the molecule is O=C(C1NNC2CCNCC21)N1CCN(c2ccc(Br)cn2)CC1. The smallest absolute Gasteiger partial charge is 0.241 e. The number of piperidine rings is 1. The summed E-state index contributed by atoms with van der Waals surface area (Å²) in [7, 11) is 0. The maximum absolute atomic E-state index is 12.9. The molecule has 3 fully saturated rings. The first-order valence-corrected chi connectivity index (χ1v) is 9.39. The van der Waals surface area contributed by atoms with Crippen molar-refractivity contribution in [1.82, 2.24) is 26.1 Å². The van der Waals surface area contributed by atoms with E-state index in [4.69, 9.17) is 0 Å². The van der Waals surface area contributed by atoms with Gasteiger partial charge in [0.15, 0.2) is 0 Å². The van der Waals surface area contributed by atoms with E-state index in [0.29, 0.717) is 12.0 Å². The number of nitrogens with one attached hydrogen (secondary N) is 3. The lowest BCUT2D eigenvalue weighted by molar-refractivity contribution is -0.134. The van der Waals surface area contributed by atoms with E-state index in [2.05, 4.69) is 42.0 Å². The number of hydrogen-bond donors (Lipinski definition) is 3. The van der Waals surface area contributed by atoms with Gasteiger partial charge in [-0.25, -0.2) is 10.4 Å². The minimum absolute atomic E-state index is 0.111. The largest absolute Gasteiger partial charge is 0.353 e. The van der Waals surface area contributed by atoms with Crippen molar-refractivity contribution >= 4 is 27.7 Å². The first-order valence-electron chi connectivity index (χ1n) is 8.59. The number of hydrazine groups is 1. The first kappa shape index (κ1) is 16.3. The summed E-state index contributed by atoms with van der Waals surface area (Å²) >= 11 is 3.41. The molecule has 4 heterocycles. The molecule has 1 amide bonds. The highest BCUT2D eigenvalue weighted by atomic mass is 79.9. The second kappa shape index (κ2) is 6.95. The van der Waals surface area contributed by atoms with Crippen molar-refractivity contribution in [2.24, 2.45) is 5.92 Å². The van der Waals surface area contributed by atoms with Crippen LogP contribution in [0.15, 0.2) is 22.8 Å². The summed E-state index contributed by atoms with van der Waals surface area (Å²) < 4.78 is 0.982. The van der Waals surface area contributed by atoms with E-state index in [1.807, 2.05) is 23.2 Å². The molecule has 4 rings (SSSR count). The Morgan fingerprint density at radius 1 is 1.21 bits per heavy atom. The third kappa shape index (κ3) is 3.15. The van der Waals surface area contributed by atoms with E-state index in [-0.39, 0.29) is 11.9 Å². The van der Waals surface area contributed by atoms with Crippen LogP contribution in [-0.4, -0.2) is 67.1 Å². The highest BCUT2D eigenvalue weighted by Crippen LogP contribution is 2.23. The van der Waals surface area contributed by atoms with Gasteiger partial charge < -0.3 is 15.1 Å². The molecular formula is C16H23BrN6O. The second-order valence-corrected chi connectivity index (χ2v) is 7.59. The van der Waals surface area contributed by atoms with Gasteiger partial charge in [-0.1, -0.05) is 0 Å². The maximum atomic E-state index is 12.9. The molecule has 0 aliphatic carbocycles. The summed E-state index contributed by atoms with van der Waals surface area (Å²) in [4.78, 5) is 21.6. The number of amides is 1. The second-order valence-electron chi connectivity index (χ2n) is 6.68. The molecule has 1 aromatic heterocycles. The minimum Gasteiger partial charge on any atom is -0.353 e. The number of hydrogen-bond acceptors (Lipinski definition) is 6. The zero-order chi connectivity index (χ0) is 16.5. The Morgan fingerprint density at radius 2 is 2.04 bits per heavy atom. The molecule has 0 radical (unpaired) electrons. The number of aromatic nitrogens is 1. The average molecular weight is 395 g/mol. The molecule has 3 saturated heterocycles. The molecule has 3 unspecified atom stereocenters. The summed E-state index contributed by atoms with van der Waals surface area (Å²) in [6, 6.07) is 4.32. The number of anilines is 1. The standard InChI is InChI=1S/C16H23BrN6O/c17-11-1-2-14(19-9-11)22-5-7-23(8-6-22)16(24)15-12-10-18-4-3-13(12)20-21-15/h1-2,9,12-13,15,18,20-21H,3-8,10H2. The van der Waals surface area contributed by atoms with Gasteiger partial charge in [0, 0.05) is 55.4 Å². The van der Waals surface area contributed by atoms with Gasteiger partial charge in [-0.3, -0.25) is 10.2 Å². The fourth-order valence-corrected chi connectivity index (χ4v) is 4.10. The van der Waals surface area contributed by atoms with Crippen LogP contribution in [-0.2, 0) is 4.79 Å². The highest BCUT2D eigenvalue weighted by Gasteiger charge is 2.43. The van der Waals surface area contributed by atoms with Crippen LogP contribution < -0.4 is 21.1 Å². The Labute approximate surface area is 150 Å². The van der Waals surface area contributed by atoms with Crippen molar-refractivity contribution in [3.8, 4) is 0 Å². The van der Waals surface area contributed by atoms with Gasteiger partial charge in [0.05, 0.1) is 0 Å². The number of piperazine rings is 1. The third-order valence-electron chi connectivity index (χ3n) is 5.27. The zero-order valence-corrected chi connectivity index (χ0v) is 15.1. The fraction of sp³-hybridized carbons (Fsp3) is 0.625. The van der Waals surface area contributed by atoms with Crippen LogP contribution in [0.3, 0.4) is 0 Å². The summed E-state index contributed by atoms with van der Waals surface area (Å²) in [6.07, 6.45) is 2.89. The van der Waals surface area contributed by atoms with Crippen LogP contribution in [0.25, 0.3) is 0 Å². The van der Waals surface area contributed by atoms with Crippen molar-refractivity contribution in [3.05, 3.63) is 22.8 Å². The number of carbonyl (C=O) groups is 1. The van der Waals surface area contributed by atoms with E-state index >= 15 is 0 Å². The molecule has 1 aromatic rings. The molecule has 3 aliphatic rings. The van der Waals surface area contributed by atoms with Crippen molar-refractivity contribution in [1.29, 1.82) is 0 Å². The molecule has 3 atom stereocenters. The molecule has 3 N–H and O–H groups in total. The summed E-state index contributed by atoms with van der Waals surface area (Å²) in [5.74, 6) is 1.54. The molecule has 0 aromatic carbocycles. The molecule has 3 aliphatic heterocycles. The molecule has 8 heteroatoms. The number of pyridine rings is 1. The van der Waals surface area contributed by atoms with E-state index < -0.39 is 0 Å². The minimum atomic E-state index is -0.111. The Kier molecular flexibility index (Phi) is 4.71. The van der Waals surface area contributed by atoms with Crippen LogP contribution in [0.1, 0.15) is 6.42 Å². The van der Waals surface area contributed by atoms with Gasteiger partial charge in [0.25, 0.3) is 0 Å². The number of nitrogens with zero attached hydrogens (tertiary/aromatic N) is 3. The van der Waals surface area contributed by atoms with E-state index in [1.165, 1.54) is 0 Å². The van der Waals surface area contributed by atoms with Crippen LogP contribution in [0.4, 0.5) is 5.82 Å². The predicted octanol–water partition coefficient (Wildman–Crippen LogP) is -0.0528. The van der Waals surface area contributed by atoms with Crippen molar-refractivity contribution < 1.29 is 4.79 Å². The van der Waals surface area contributed by atoms with E-state index in [0.717, 1.165) is 56.0 Å². The lowest BCUT2D eigenvalue weighted by Crippen LogP contribution is -2.56. The quantitative estimate of drug-likeness (QED) is 0.652. The van der Waals surface area contributed by atoms with Gasteiger partial charge in [-0.2, -0.15) is 0 Å². The Morgan fingerprint density at radius 3 is 2.79 bits per heavy atom. The summed E-state index contributed by atoms with van der Waals surface area (Å²) in [6.45, 7) is 5.08. The molecule has 24 heavy (non-hydrogen) atoms. The summed E-state index contributed by atoms with van der Waals surface area (Å²) in [5, 5.41) is 3.41. The highest BCUT2D eigenvalue weighted by molar-refractivity contribution is 9.10. The van der Waals surface area contributed by atoms with Crippen molar-refractivity contribution in [2.45, 2.75) is 18.5 Å². The predicted molar refractivity (Wildman–Crippen MR) is 95.6 cm³/mol. The van der Waals surface area contributed by atoms with Crippen LogP contribution in [0.5, 0.6) is 0 Å². The van der Waals surface area contributed by atoms with Gasteiger partial charge in [0.1, 0.15) is 11.9 Å². The Balaban J connectivity index is 1.35. The van der Waals surface area contributed by atoms with Gasteiger partial charge in [0.2, 0.25) is 5.91 Å². The lowest BCUT2D eigenvalue weighted by atomic mass is 9.89. The van der Waals surface area contributed by atoms with E-state index in [9.17, 15) is 4.79 Å². The molecule has 7 nitrogen and oxygen atoms in total. The number of fused-ring (bicyclic) bond motifs is 1. The van der Waals surface area contributed by atoms with Crippen molar-refractivity contribution in [3.63, 3.8) is 0 Å². The van der Waals surface area contributed by atoms with Gasteiger partial charge in [-0.05, 0) is 41.0 Å². The van der Waals surface area contributed by atoms with Crippen LogP contribution >= 0.6 is 15.9 Å². The van der Waals surface area contributed by atoms with Crippen LogP contribution in [0, 0.1) is 5.92 Å². The van der Waals surface area contributed by atoms with Gasteiger partial charge >= 0.3 is 0 Å². The Hall–Kier alpha value is -1.22. The number of rotatable bonds is 2. The molecule has 0 spiro atoms. The Bertz CT molecular complexity index is 589. The molecule has 0 bridgehead atoms. The van der Waals surface area contributed by atoms with Crippen LogP contribution in [0.2, 0.25) is 0 Å². The van der Waals surface area contributed by atoms with Crippen molar-refractivity contribution in [2.75, 3.05) is 44.2 Å². The molecule has 0 saturated carbocycles. The normalized spacial score (nSPS) is 30.3. The fourth-order valence-electron chi connectivity index (χ4n) is 3.87. The summed E-state index contributed by atoms with van der Waals surface area (Å²) in [5.41, 5.74) is 6.54. The monoisotopic (exact) mass is 394 g/mol. The molecular weight excluding hydrogens is 372 g/mol. The number of carbonyl (C=O) groups excluding carboxylic acids is 1. The lowest BCUT2D eigenvalue weighted by Gasteiger charge is -2.37. The first-order chi connectivity index (χ1) is 11.7. The average Bonchev–Trinajstić information content (AvgIpc) is 3.06. The maximum Gasteiger partial charge on any atom is 0.241 e. The third-order valence-corrected chi connectivity index (χ3v) is 5.74. The zero-order valence-electron chi connectivity index (χ0n) is 13.5. The number of halogens is 1. The topological polar surface area (TPSA) is 72.5 Å². The van der Waals surface area contributed by atoms with Gasteiger partial charge in [-0.15, -0.1) is 0 Å².